The van der Waals surface area contributed by atoms with Gasteiger partial charge in [0.25, 0.3) is 0 Å². The molecule has 0 amide bonds. The lowest BCUT2D eigenvalue weighted by Gasteiger charge is -2.01. The highest BCUT2D eigenvalue weighted by Gasteiger charge is 2.25. The Labute approximate surface area is 128 Å². The van der Waals surface area contributed by atoms with E-state index in [1.54, 1.807) is 24.3 Å². The van der Waals surface area contributed by atoms with Crippen molar-refractivity contribution in [3.8, 4) is 0 Å². The Morgan fingerprint density at radius 1 is 1.10 bits per heavy atom. The molecule has 0 aromatic heterocycles. The van der Waals surface area contributed by atoms with Crippen LogP contribution in [0.25, 0.3) is 6.08 Å². The lowest BCUT2D eigenvalue weighted by molar-refractivity contribution is -0.129. The second kappa shape index (κ2) is 5.61. The normalized spacial score (nSPS) is 16.0. The van der Waals surface area contributed by atoms with Crippen LogP contribution in [0, 0.1) is 5.82 Å². The predicted molar refractivity (Wildman–Crippen MR) is 81.1 cm³/mol. The summed E-state index contributed by atoms with van der Waals surface area (Å²) in [6.45, 7) is 0. The average molecular weight is 346 g/mol. The van der Waals surface area contributed by atoms with Gasteiger partial charge in [0.2, 0.25) is 5.90 Å². The Hall–Kier alpha value is -2.27. The second-order valence-corrected chi connectivity index (χ2v) is 5.19. The van der Waals surface area contributed by atoms with Gasteiger partial charge in [-0.15, -0.1) is 0 Å². The van der Waals surface area contributed by atoms with Crippen molar-refractivity contribution in [2.75, 3.05) is 0 Å². The van der Waals surface area contributed by atoms with Crippen LogP contribution in [0.1, 0.15) is 11.1 Å². The molecule has 1 heterocycles. The van der Waals surface area contributed by atoms with Crippen molar-refractivity contribution in [3.05, 3.63) is 75.6 Å². The minimum atomic E-state index is -0.594. The van der Waals surface area contributed by atoms with Crippen LogP contribution in [0.3, 0.4) is 0 Å². The quantitative estimate of drug-likeness (QED) is 0.610. The third kappa shape index (κ3) is 2.78. The van der Waals surface area contributed by atoms with Gasteiger partial charge in [0.1, 0.15) is 5.82 Å². The molecule has 0 atom stereocenters. The van der Waals surface area contributed by atoms with Crippen molar-refractivity contribution >= 4 is 33.9 Å². The summed E-state index contributed by atoms with van der Waals surface area (Å²) in [4.78, 5) is 16.0. The van der Waals surface area contributed by atoms with E-state index in [2.05, 4.69) is 20.9 Å². The molecule has 2 aromatic rings. The molecule has 3 rings (SSSR count). The number of halogens is 2. The van der Waals surface area contributed by atoms with Gasteiger partial charge in [-0.3, -0.25) is 0 Å². The van der Waals surface area contributed by atoms with Crippen molar-refractivity contribution in [2.24, 2.45) is 4.99 Å². The summed E-state index contributed by atoms with van der Waals surface area (Å²) in [5, 5.41) is 0. The van der Waals surface area contributed by atoms with Gasteiger partial charge in [0, 0.05) is 10.0 Å². The Kier molecular flexibility index (Phi) is 3.66. The number of hydrogen-bond donors (Lipinski definition) is 0. The molecule has 0 N–H and O–H groups in total. The highest BCUT2D eigenvalue weighted by molar-refractivity contribution is 9.10. The molecular weight excluding hydrogens is 337 g/mol. The SMILES string of the molecule is O=C1OC(c2ccccc2Br)=N/C1=C\c1ccccc1F. The number of cyclic esters (lactones) is 1. The number of ether oxygens (including phenoxy) is 1. The monoisotopic (exact) mass is 345 g/mol. The summed E-state index contributed by atoms with van der Waals surface area (Å²) in [5.41, 5.74) is 1.04. The van der Waals surface area contributed by atoms with Gasteiger partial charge in [-0.2, -0.15) is 0 Å². The molecule has 0 spiro atoms. The molecule has 0 unspecified atom stereocenters. The molecule has 1 aliphatic rings. The van der Waals surface area contributed by atoms with Gasteiger partial charge >= 0.3 is 5.97 Å². The standard InChI is InChI=1S/C16H9BrFNO2/c17-12-7-3-2-6-11(12)15-19-14(16(20)21-15)9-10-5-1-4-8-13(10)18/h1-9H/b14-9-. The van der Waals surface area contributed by atoms with Gasteiger partial charge in [-0.05, 0) is 40.2 Å². The number of aliphatic imine (C=N–C) groups is 1. The van der Waals surface area contributed by atoms with Crippen LogP contribution in [0.4, 0.5) is 4.39 Å². The minimum absolute atomic E-state index is 0.0749. The molecule has 0 bridgehead atoms. The number of nitrogens with zero attached hydrogens (tertiary/aromatic N) is 1. The van der Waals surface area contributed by atoms with Crippen LogP contribution in [-0.4, -0.2) is 11.9 Å². The van der Waals surface area contributed by atoms with E-state index in [-0.39, 0.29) is 11.6 Å². The molecule has 104 valence electrons. The molecule has 21 heavy (non-hydrogen) atoms. The van der Waals surface area contributed by atoms with E-state index < -0.39 is 11.8 Å². The van der Waals surface area contributed by atoms with Gasteiger partial charge < -0.3 is 4.74 Å². The van der Waals surface area contributed by atoms with Gasteiger partial charge in [0.05, 0.1) is 5.56 Å². The number of rotatable bonds is 2. The molecule has 3 nitrogen and oxygen atoms in total. The topological polar surface area (TPSA) is 38.7 Å². The maximum absolute atomic E-state index is 13.6. The Bertz CT molecular complexity index is 783. The minimum Gasteiger partial charge on any atom is -0.402 e. The van der Waals surface area contributed by atoms with E-state index >= 15 is 0 Å². The first-order chi connectivity index (χ1) is 10.1. The first-order valence-corrected chi connectivity index (χ1v) is 6.96. The summed E-state index contributed by atoms with van der Waals surface area (Å²) in [6, 6.07) is 13.4. The molecule has 0 saturated carbocycles. The molecule has 1 aliphatic heterocycles. The number of benzene rings is 2. The fourth-order valence-electron chi connectivity index (χ4n) is 1.90. The van der Waals surface area contributed by atoms with Gasteiger partial charge in [-0.1, -0.05) is 30.3 Å². The summed E-state index contributed by atoms with van der Waals surface area (Å²) < 4.78 is 19.5. The molecule has 5 heteroatoms. The molecule has 0 fully saturated rings. The van der Waals surface area contributed by atoms with E-state index in [0.29, 0.717) is 11.1 Å². The maximum Gasteiger partial charge on any atom is 0.363 e. The van der Waals surface area contributed by atoms with Crippen molar-refractivity contribution in [3.63, 3.8) is 0 Å². The fraction of sp³-hybridized carbons (Fsp3) is 0. The smallest absolute Gasteiger partial charge is 0.363 e. The Morgan fingerprint density at radius 3 is 2.57 bits per heavy atom. The summed E-state index contributed by atoms with van der Waals surface area (Å²) in [7, 11) is 0. The van der Waals surface area contributed by atoms with Crippen LogP contribution < -0.4 is 0 Å². The van der Waals surface area contributed by atoms with Crippen LogP contribution in [-0.2, 0) is 9.53 Å². The van der Waals surface area contributed by atoms with E-state index in [9.17, 15) is 9.18 Å². The van der Waals surface area contributed by atoms with Crippen LogP contribution in [0.15, 0.2) is 63.7 Å². The highest BCUT2D eigenvalue weighted by atomic mass is 79.9. The molecule has 0 aliphatic carbocycles. The summed E-state index contributed by atoms with van der Waals surface area (Å²) in [6.07, 6.45) is 1.38. The predicted octanol–water partition coefficient (Wildman–Crippen LogP) is 3.93. The Morgan fingerprint density at radius 2 is 1.81 bits per heavy atom. The number of carbonyl (C=O) groups excluding carboxylic acids is 1. The molecule has 0 saturated heterocycles. The lowest BCUT2D eigenvalue weighted by Crippen LogP contribution is -2.05. The zero-order valence-electron chi connectivity index (χ0n) is 10.7. The summed E-state index contributed by atoms with van der Waals surface area (Å²) in [5.74, 6) is -0.804. The summed E-state index contributed by atoms with van der Waals surface area (Å²) >= 11 is 3.37. The van der Waals surface area contributed by atoms with Crippen molar-refractivity contribution in [1.29, 1.82) is 0 Å². The van der Waals surface area contributed by atoms with E-state index in [4.69, 9.17) is 4.74 Å². The zero-order chi connectivity index (χ0) is 14.8. The molecule has 0 radical (unpaired) electrons. The third-order valence-electron chi connectivity index (χ3n) is 2.92. The third-order valence-corrected chi connectivity index (χ3v) is 3.61. The first-order valence-electron chi connectivity index (χ1n) is 6.17. The number of carbonyl (C=O) groups is 1. The van der Waals surface area contributed by atoms with Crippen molar-refractivity contribution in [1.82, 2.24) is 0 Å². The van der Waals surface area contributed by atoms with Crippen molar-refractivity contribution < 1.29 is 13.9 Å². The van der Waals surface area contributed by atoms with Gasteiger partial charge in [-0.25, -0.2) is 14.2 Å². The lowest BCUT2D eigenvalue weighted by atomic mass is 10.2. The molecule has 2 aromatic carbocycles. The van der Waals surface area contributed by atoms with E-state index in [0.717, 1.165) is 4.47 Å². The second-order valence-electron chi connectivity index (χ2n) is 4.34. The van der Waals surface area contributed by atoms with E-state index in [1.807, 2.05) is 18.2 Å². The highest BCUT2D eigenvalue weighted by Crippen LogP contribution is 2.24. The van der Waals surface area contributed by atoms with Gasteiger partial charge in [0.15, 0.2) is 5.70 Å². The Balaban J connectivity index is 2.00. The maximum atomic E-state index is 13.6. The van der Waals surface area contributed by atoms with Crippen molar-refractivity contribution in [2.45, 2.75) is 0 Å². The average Bonchev–Trinajstić information content (AvgIpc) is 2.83. The first kappa shape index (κ1) is 13.7. The van der Waals surface area contributed by atoms with Crippen LogP contribution >= 0.6 is 15.9 Å². The number of hydrogen-bond acceptors (Lipinski definition) is 3. The van der Waals surface area contributed by atoms with E-state index in [1.165, 1.54) is 12.1 Å². The fourth-order valence-corrected chi connectivity index (χ4v) is 2.35. The number of esters is 1. The largest absolute Gasteiger partial charge is 0.402 e. The zero-order valence-corrected chi connectivity index (χ0v) is 12.3. The van der Waals surface area contributed by atoms with Crippen LogP contribution in [0.2, 0.25) is 0 Å². The van der Waals surface area contributed by atoms with Crippen LogP contribution in [0.5, 0.6) is 0 Å². The molecular formula is C16H9BrFNO2.